The Morgan fingerprint density at radius 2 is 1.08 bits per heavy atom. The molecule has 3 aromatic rings. The second kappa shape index (κ2) is 13.2. The highest BCUT2D eigenvalue weighted by molar-refractivity contribution is 7.99. The van der Waals surface area contributed by atoms with Crippen molar-refractivity contribution in [3.63, 3.8) is 0 Å². The van der Waals surface area contributed by atoms with Gasteiger partial charge >= 0.3 is 17.9 Å². The number of hydrogen-bond acceptors (Lipinski definition) is 9. The minimum atomic E-state index is -1.27. The van der Waals surface area contributed by atoms with E-state index in [9.17, 15) is 19.5 Å². The van der Waals surface area contributed by atoms with Crippen molar-refractivity contribution >= 4 is 29.7 Å². The van der Waals surface area contributed by atoms with Crippen molar-refractivity contribution < 1.29 is 38.4 Å². The van der Waals surface area contributed by atoms with Gasteiger partial charge in [0.1, 0.15) is 11.5 Å². The number of ether oxygens (including phenoxy) is 4. The predicted molar refractivity (Wildman–Crippen MR) is 141 cm³/mol. The van der Waals surface area contributed by atoms with E-state index in [2.05, 4.69) is 0 Å². The Hall–Kier alpha value is -3.66. The highest BCUT2D eigenvalue weighted by Crippen LogP contribution is 2.35. The second-order valence-corrected chi connectivity index (χ2v) is 9.76. The Kier molecular flexibility index (Phi) is 9.53. The third kappa shape index (κ3) is 6.61. The van der Waals surface area contributed by atoms with E-state index < -0.39 is 54.4 Å². The first-order chi connectivity index (χ1) is 18.5. The topological polar surface area (TPSA) is 108 Å². The number of thioether (sulfide) groups is 1. The first-order valence-electron chi connectivity index (χ1n) is 12.2. The molecule has 0 aliphatic carbocycles. The van der Waals surface area contributed by atoms with E-state index in [4.69, 9.17) is 18.9 Å². The minimum Gasteiger partial charge on any atom is -0.452 e. The summed E-state index contributed by atoms with van der Waals surface area (Å²) in [6.07, 6.45) is -4.70. The van der Waals surface area contributed by atoms with Crippen LogP contribution in [0.25, 0.3) is 0 Å². The second-order valence-electron chi connectivity index (χ2n) is 8.39. The Labute approximate surface area is 224 Å². The number of aliphatic hydroxyl groups excluding tert-OH is 1. The molecule has 38 heavy (non-hydrogen) atoms. The van der Waals surface area contributed by atoms with Crippen molar-refractivity contribution in [1.29, 1.82) is 0 Å². The van der Waals surface area contributed by atoms with Crippen LogP contribution < -0.4 is 0 Å². The number of benzene rings is 3. The van der Waals surface area contributed by atoms with E-state index >= 15 is 0 Å². The molecule has 0 saturated carbocycles. The van der Waals surface area contributed by atoms with E-state index in [1.165, 1.54) is 11.8 Å². The number of carbonyl (C=O) groups is 3. The van der Waals surface area contributed by atoms with Crippen molar-refractivity contribution in [2.75, 3.05) is 12.4 Å². The summed E-state index contributed by atoms with van der Waals surface area (Å²) in [5, 5.41) is 10.2. The van der Waals surface area contributed by atoms with Crippen LogP contribution in [0.15, 0.2) is 91.0 Å². The van der Waals surface area contributed by atoms with Crippen molar-refractivity contribution in [1.82, 2.24) is 0 Å². The molecule has 0 radical (unpaired) electrons. The highest BCUT2D eigenvalue weighted by atomic mass is 32.2. The number of carbonyl (C=O) groups excluding carboxylic acids is 3. The molecule has 198 valence electrons. The van der Waals surface area contributed by atoms with Gasteiger partial charge in [0.15, 0.2) is 18.3 Å². The summed E-state index contributed by atoms with van der Waals surface area (Å²) >= 11 is 1.32. The fraction of sp³-hybridized carbons (Fsp3) is 0.276. The third-order valence-electron chi connectivity index (χ3n) is 5.86. The van der Waals surface area contributed by atoms with Crippen LogP contribution in [0.3, 0.4) is 0 Å². The summed E-state index contributed by atoms with van der Waals surface area (Å²) in [5.41, 5.74) is 0.0220. The van der Waals surface area contributed by atoms with Gasteiger partial charge in [-0.05, 0) is 42.2 Å². The van der Waals surface area contributed by atoms with Crippen molar-refractivity contribution in [2.45, 2.75) is 36.8 Å². The molecule has 4 rings (SSSR count). The van der Waals surface area contributed by atoms with Crippen molar-refractivity contribution in [3.8, 4) is 0 Å². The lowest BCUT2D eigenvalue weighted by atomic mass is 9.98. The summed E-state index contributed by atoms with van der Waals surface area (Å²) in [6, 6.07) is 24.9. The average Bonchev–Trinajstić information content (AvgIpc) is 2.97. The molecule has 5 atom stereocenters. The summed E-state index contributed by atoms with van der Waals surface area (Å²) in [4.78, 5) is 39.3. The van der Waals surface area contributed by atoms with Gasteiger partial charge in [-0.25, -0.2) is 14.4 Å². The van der Waals surface area contributed by atoms with Crippen molar-refractivity contribution in [3.05, 3.63) is 108 Å². The Balaban J connectivity index is 1.70. The number of rotatable bonds is 9. The van der Waals surface area contributed by atoms with E-state index in [0.29, 0.717) is 11.3 Å². The van der Waals surface area contributed by atoms with Gasteiger partial charge < -0.3 is 24.1 Å². The maximum Gasteiger partial charge on any atom is 0.338 e. The molecule has 8 nitrogen and oxygen atoms in total. The number of aliphatic hydroxyl groups is 1. The maximum absolute atomic E-state index is 13.2. The zero-order valence-electron chi connectivity index (χ0n) is 20.7. The monoisotopic (exact) mass is 536 g/mol. The van der Waals surface area contributed by atoms with Crippen LogP contribution in [0, 0.1) is 0 Å². The zero-order valence-corrected chi connectivity index (χ0v) is 21.5. The molecule has 0 bridgehead atoms. The number of hydrogen-bond donors (Lipinski definition) is 1. The van der Waals surface area contributed by atoms with Gasteiger partial charge in [-0.1, -0.05) is 61.5 Å². The van der Waals surface area contributed by atoms with Crippen LogP contribution in [0.1, 0.15) is 38.0 Å². The lowest BCUT2D eigenvalue weighted by Gasteiger charge is -2.44. The Morgan fingerprint density at radius 1 is 0.684 bits per heavy atom. The van der Waals surface area contributed by atoms with Gasteiger partial charge in [0.2, 0.25) is 0 Å². The van der Waals surface area contributed by atoms with Gasteiger partial charge in [0.25, 0.3) is 0 Å². The fourth-order valence-corrected chi connectivity index (χ4v) is 4.97. The van der Waals surface area contributed by atoms with Crippen LogP contribution in [-0.4, -0.2) is 65.2 Å². The van der Waals surface area contributed by atoms with Crippen molar-refractivity contribution in [2.24, 2.45) is 0 Å². The lowest BCUT2D eigenvalue weighted by molar-refractivity contribution is -0.207. The first-order valence-corrected chi connectivity index (χ1v) is 13.2. The van der Waals surface area contributed by atoms with Crippen LogP contribution in [-0.2, 0) is 18.9 Å². The molecule has 0 unspecified atom stereocenters. The van der Waals surface area contributed by atoms with Gasteiger partial charge in [-0.2, -0.15) is 0 Å². The predicted octanol–water partition coefficient (Wildman–Crippen LogP) is 4.13. The molecular formula is C29H28O8S. The van der Waals surface area contributed by atoms with E-state index in [0.717, 1.165) is 0 Å². The minimum absolute atomic E-state index is 0.264. The van der Waals surface area contributed by atoms with Gasteiger partial charge in [0.05, 0.1) is 23.3 Å². The molecule has 1 aliphatic rings. The molecular weight excluding hydrogens is 508 g/mol. The lowest BCUT2D eigenvalue weighted by Crippen LogP contribution is -2.61. The molecule has 9 heteroatoms. The summed E-state index contributed by atoms with van der Waals surface area (Å²) in [5.74, 6) is -1.47. The smallest absolute Gasteiger partial charge is 0.338 e. The largest absolute Gasteiger partial charge is 0.452 e. The van der Waals surface area contributed by atoms with E-state index in [1.54, 1.807) is 91.0 Å². The average molecular weight is 537 g/mol. The molecule has 0 spiro atoms. The maximum atomic E-state index is 13.2. The molecule has 1 heterocycles. The highest BCUT2D eigenvalue weighted by Gasteiger charge is 2.52. The quantitative estimate of drug-likeness (QED) is 0.319. The van der Waals surface area contributed by atoms with Crippen LogP contribution in [0.5, 0.6) is 0 Å². The summed E-state index contributed by atoms with van der Waals surface area (Å²) in [7, 11) is 0. The third-order valence-corrected chi connectivity index (χ3v) is 6.90. The van der Waals surface area contributed by atoms with Crippen LogP contribution >= 0.6 is 11.8 Å². The Morgan fingerprint density at radius 3 is 1.47 bits per heavy atom. The van der Waals surface area contributed by atoms with Crippen LogP contribution in [0.2, 0.25) is 0 Å². The fourth-order valence-electron chi connectivity index (χ4n) is 4.02. The standard InChI is InChI=1S/C29H28O8S/c1-2-38-29-25(37-28(33)21-16-10-5-11-17-21)24(36-27(32)20-14-8-4-9-15-20)23(22(18-30)34-29)35-26(31)19-12-6-3-7-13-19/h3-17,22-25,29-30H,2,18H2,1H3/t22-,23+,24+,25-,29+/m1/s1. The SMILES string of the molecule is CCS[C@@H]1O[C@H](CO)[C@H](OC(=O)c2ccccc2)[C@H](OC(=O)c2ccccc2)[C@H]1OC(=O)c1ccccc1. The molecule has 1 N–H and O–H groups in total. The molecule has 1 aliphatic heterocycles. The van der Waals surface area contributed by atoms with Gasteiger partial charge in [-0.3, -0.25) is 0 Å². The normalized spacial score (nSPS) is 22.7. The molecule has 3 aromatic carbocycles. The Bertz CT molecular complexity index is 1210. The zero-order chi connectivity index (χ0) is 26.9. The molecule has 1 saturated heterocycles. The first kappa shape index (κ1) is 27.4. The molecule has 1 fully saturated rings. The molecule has 0 aromatic heterocycles. The number of esters is 3. The summed E-state index contributed by atoms with van der Waals surface area (Å²) in [6.45, 7) is 1.37. The van der Waals surface area contributed by atoms with E-state index in [-0.39, 0.29) is 11.1 Å². The summed E-state index contributed by atoms with van der Waals surface area (Å²) < 4.78 is 23.6. The van der Waals surface area contributed by atoms with Gasteiger partial charge in [0, 0.05) is 0 Å². The van der Waals surface area contributed by atoms with E-state index in [1.807, 2.05) is 6.92 Å². The van der Waals surface area contributed by atoms with Crippen LogP contribution in [0.4, 0.5) is 0 Å². The molecule has 0 amide bonds. The van der Waals surface area contributed by atoms with Gasteiger partial charge in [-0.15, -0.1) is 11.8 Å².